The number of hydrogen-bond acceptors (Lipinski definition) is 8. The molecule has 8 rings (SSSR count). The van der Waals surface area contributed by atoms with Gasteiger partial charge in [-0.15, -0.1) is 6.42 Å². The lowest BCUT2D eigenvalue weighted by Crippen LogP contribution is -2.43. The van der Waals surface area contributed by atoms with E-state index in [1.54, 1.807) is 4.90 Å². The number of carbonyl (C=O) groups is 1. The van der Waals surface area contributed by atoms with E-state index in [1.807, 2.05) is 0 Å². The average Bonchev–Trinajstić information content (AvgIpc) is 3.34. The Bertz CT molecular complexity index is 2130. The van der Waals surface area contributed by atoms with E-state index in [1.165, 1.54) is 23.2 Å². The van der Waals surface area contributed by atoms with Crippen LogP contribution in [0.3, 0.4) is 0 Å². The largest absolute Gasteiger partial charge is 0.461 e. The third-order valence-electron chi connectivity index (χ3n) is 9.89. The van der Waals surface area contributed by atoms with Crippen molar-refractivity contribution in [1.29, 1.82) is 0 Å². The van der Waals surface area contributed by atoms with E-state index in [2.05, 4.69) is 20.9 Å². The summed E-state index contributed by atoms with van der Waals surface area (Å²) in [5.74, 6) is -2.25. The van der Waals surface area contributed by atoms with Gasteiger partial charge in [-0.2, -0.15) is 9.97 Å². The normalized spacial score (nSPS) is 28.1. The summed E-state index contributed by atoms with van der Waals surface area (Å²) in [6.07, 6.45) is 5.06. The van der Waals surface area contributed by atoms with Gasteiger partial charge in [0.1, 0.15) is 41.7 Å². The fourth-order valence-electron chi connectivity index (χ4n) is 7.66. The molecule has 5 heterocycles. The van der Waals surface area contributed by atoms with Crippen LogP contribution in [0.2, 0.25) is 0 Å². The maximum Gasteiger partial charge on any atom is 0.319 e. The fraction of sp³-hybridized carbons (Fsp3) is 0.412. The number of alkyl halides is 2. The van der Waals surface area contributed by atoms with Crippen LogP contribution in [0.4, 0.5) is 33.5 Å². The number of Topliss-reactive ketones (excluding diaryl/α,β-unsaturated/α-hetero) is 1. The Morgan fingerprint density at radius 2 is 2.00 bits per heavy atom. The van der Waals surface area contributed by atoms with Crippen molar-refractivity contribution in [1.82, 2.24) is 19.9 Å². The van der Waals surface area contributed by atoms with Gasteiger partial charge in [-0.3, -0.25) is 14.7 Å². The number of anilines is 2. The minimum Gasteiger partial charge on any atom is -0.461 e. The number of ketones is 1. The highest BCUT2D eigenvalue weighted by Gasteiger charge is 2.57. The second kappa shape index (κ2) is 10.7. The van der Waals surface area contributed by atoms with Crippen molar-refractivity contribution < 1.29 is 34.2 Å². The number of halogens is 5. The monoisotopic (exact) mass is 650 g/mol. The van der Waals surface area contributed by atoms with E-state index in [4.69, 9.17) is 19.6 Å². The van der Waals surface area contributed by atoms with Gasteiger partial charge in [-0.1, -0.05) is 5.92 Å². The van der Waals surface area contributed by atoms with Crippen LogP contribution in [0.1, 0.15) is 40.4 Å². The molecule has 4 fully saturated rings. The first-order valence-electron chi connectivity index (χ1n) is 16.4. The van der Waals surface area contributed by atoms with Crippen LogP contribution < -0.4 is 15.4 Å². The first kappa shape index (κ1) is 27.5. The number of nitrogen functional groups attached to an aromatic ring is 1. The second-order valence-corrected chi connectivity index (χ2v) is 12.7. The Hall–Kier alpha value is -4.57. The van der Waals surface area contributed by atoms with Gasteiger partial charge in [-0.05, 0) is 43.0 Å². The number of nitrogens with two attached hydrogens (primary N) is 1. The van der Waals surface area contributed by atoms with Crippen LogP contribution in [0.5, 0.6) is 6.01 Å². The van der Waals surface area contributed by atoms with E-state index in [-0.39, 0.29) is 77.1 Å². The molecule has 0 amide bonds. The summed E-state index contributed by atoms with van der Waals surface area (Å²) in [6.45, 7) is -1.98. The molecule has 2 N–H and O–H groups in total. The fourth-order valence-corrected chi connectivity index (χ4v) is 7.66. The predicted molar refractivity (Wildman–Crippen MR) is 165 cm³/mol. The smallest absolute Gasteiger partial charge is 0.319 e. The van der Waals surface area contributed by atoms with Crippen molar-refractivity contribution >= 4 is 39.0 Å². The van der Waals surface area contributed by atoms with Gasteiger partial charge < -0.3 is 15.4 Å². The summed E-state index contributed by atoms with van der Waals surface area (Å²) >= 11 is 0. The molecule has 242 valence electrons. The molecule has 0 spiro atoms. The zero-order chi connectivity index (χ0) is 34.6. The Morgan fingerprint density at radius 1 is 1.17 bits per heavy atom. The van der Waals surface area contributed by atoms with Crippen LogP contribution in [-0.2, 0) is 4.79 Å². The molecule has 2 aromatic carbocycles. The standard InChI is InChI=1S/C34H29F5N6O2/c1-2-20-25-16(9-24(36)26(20)37)8-18(40)10-21(25)29-28(39)30-23(13-41-29)32(45-7-4-19(46)11-22-27(38)31(22)45)43-33(42-30)47-15-34-5-3-6-44(34)14-17(35)12-34/h1,8-10,13,17,22,27,31H,3-7,11-12,14-15,40H2/t17-,22-,27-,31-,34+/m1/s1/i15D2. The third-order valence-corrected chi connectivity index (χ3v) is 9.89. The Labute approximate surface area is 268 Å². The van der Waals surface area contributed by atoms with Crippen molar-refractivity contribution in [2.45, 2.75) is 56.0 Å². The Balaban J connectivity index is 1.33. The van der Waals surface area contributed by atoms with E-state index < -0.39 is 70.9 Å². The quantitative estimate of drug-likeness (QED) is 0.177. The van der Waals surface area contributed by atoms with E-state index in [0.29, 0.717) is 19.4 Å². The molecule has 4 aliphatic rings. The minimum absolute atomic E-state index is 0.00862. The predicted octanol–water partition coefficient (Wildman–Crippen LogP) is 5.29. The van der Waals surface area contributed by atoms with E-state index in [0.717, 1.165) is 6.07 Å². The molecule has 0 radical (unpaired) electrons. The molecule has 47 heavy (non-hydrogen) atoms. The van der Waals surface area contributed by atoms with Crippen molar-refractivity contribution in [3.8, 4) is 29.6 Å². The molecular formula is C34H29F5N6O2. The van der Waals surface area contributed by atoms with Gasteiger partial charge in [0.15, 0.2) is 17.5 Å². The summed E-state index contributed by atoms with van der Waals surface area (Å²) in [4.78, 5) is 28.8. The first-order chi connectivity index (χ1) is 23.3. The van der Waals surface area contributed by atoms with Crippen LogP contribution >= 0.6 is 0 Å². The Morgan fingerprint density at radius 3 is 2.81 bits per heavy atom. The lowest BCUT2D eigenvalue weighted by Gasteiger charge is -2.31. The number of ether oxygens (including phenoxy) is 1. The highest BCUT2D eigenvalue weighted by atomic mass is 19.2. The van der Waals surface area contributed by atoms with Crippen LogP contribution in [0.25, 0.3) is 32.9 Å². The van der Waals surface area contributed by atoms with Gasteiger partial charge >= 0.3 is 6.01 Å². The van der Waals surface area contributed by atoms with Crippen molar-refractivity contribution in [3.05, 3.63) is 47.4 Å². The second-order valence-electron chi connectivity index (χ2n) is 12.7. The van der Waals surface area contributed by atoms with Crippen LogP contribution in [0.15, 0.2) is 24.4 Å². The van der Waals surface area contributed by atoms with Crippen molar-refractivity contribution in [2.24, 2.45) is 5.92 Å². The molecule has 1 aliphatic carbocycles. The molecule has 0 unspecified atom stereocenters. The molecule has 3 saturated heterocycles. The first-order valence-corrected chi connectivity index (χ1v) is 15.4. The number of pyridine rings is 1. The maximum absolute atomic E-state index is 16.9. The minimum atomic E-state index is -2.53. The van der Waals surface area contributed by atoms with Crippen LogP contribution in [-0.4, -0.2) is 75.8 Å². The maximum atomic E-state index is 16.9. The van der Waals surface area contributed by atoms with Gasteiger partial charge in [0.2, 0.25) is 0 Å². The number of terminal acetylenes is 1. The molecule has 3 aliphatic heterocycles. The molecule has 2 aromatic heterocycles. The van der Waals surface area contributed by atoms with E-state index in [9.17, 15) is 18.0 Å². The highest BCUT2D eigenvalue weighted by Crippen LogP contribution is 2.48. The van der Waals surface area contributed by atoms with Crippen molar-refractivity contribution in [3.63, 3.8) is 0 Å². The zero-order valence-corrected chi connectivity index (χ0v) is 24.9. The van der Waals surface area contributed by atoms with Gasteiger partial charge in [0, 0.05) is 61.1 Å². The SMILES string of the molecule is [2H]C([2H])(Oc1nc(N2CCC(=O)C[C@@H]3[C@@H](F)[C@@H]32)c2cnc(-c3cc(N)cc4cc(F)c(F)c(C#C)c34)c(F)c2n1)[C@@]12CCCN1C[C@H](F)C2. The lowest BCUT2D eigenvalue weighted by molar-refractivity contribution is -0.119. The number of benzene rings is 2. The molecule has 1 saturated carbocycles. The summed E-state index contributed by atoms with van der Waals surface area (Å²) < 4.78 is 99.8. The summed E-state index contributed by atoms with van der Waals surface area (Å²) in [6, 6.07) is 2.20. The molecule has 13 heteroatoms. The molecule has 8 nitrogen and oxygen atoms in total. The third kappa shape index (κ3) is 4.67. The number of rotatable bonds is 5. The molecule has 5 atom stereocenters. The lowest BCUT2D eigenvalue weighted by atomic mass is 9.95. The number of fused-ring (bicyclic) bond motifs is 4. The summed E-state index contributed by atoms with van der Waals surface area (Å²) in [5.41, 5.74) is 3.51. The Kier molecular flexibility index (Phi) is 6.29. The number of hydrogen-bond donors (Lipinski definition) is 1. The van der Waals surface area contributed by atoms with Gasteiger partial charge in [-0.25, -0.2) is 22.0 Å². The molecular weight excluding hydrogens is 619 g/mol. The topological polar surface area (TPSA) is 97.5 Å². The summed E-state index contributed by atoms with van der Waals surface area (Å²) in [5, 5.41) is 0.0714. The average molecular weight is 651 g/mol. The zero-order valence-electron chi connectivity index (χ0n) is 26.9. The molecule has 4 aromatic rings. The van der Waals surface area contributed by atoms with Gasteiger partial charge in [0.05, 0.1) is 25.3 Å². The van der Waals surface area contributed by atoms with Crippen molar-refractivity contribution in [2.75, 3.05) is 36.8 Å². The molecule has 0 bridgehead atoms. The highest BCUT2D eigenvalue weighted by molar-refractivity contribution is 6.04. The summed E-state index contributed by atoms with van der Waals surface area (Å²) in [7, 11) is 0. The van der Waals surface area contributed by atoms with Gasteiger partial charge in [0.25, 0.3) is 0 Å². The number of carbonyl (C=O) groups excluding carboxylic acids is 1. The number of nitrogens with zero attached hydrogens (tertiary/aromatic N) is 5. The number of aromatic nitrogens is 3. The van der Waals surface area contributed by atoms with E-state index >= 15 is 8.78 Å². The van der Waals surface area contributed by atoms with Crippen LogP contribution in [0, 0.1) is 35.7 Å².